The van der Waals surface area contributed by atoms with Crippen LogP contribution in [-0.4, -0.2) is 30.9 Å². The number of sulfonamides is 1. The number of aliphatic hydroxyl groups is 1. The van der Waals surface area contributed by atoms with Crippen LogP contribution >= 0.6 is 0 Å². The van der Waals surface area contributed by atoms with Gasteiger partial charge in [-0.15, -0.1) is 0 Å². The first-order valence-corrected chi connectivity index (χ1v) is 9.31. The van der Waals surface area contributed by atoms with Crippen molar-refractivity contribution in [1.29, 1.82) is 0 Å². The van der Waals surface area contributed by atoms with Crippen LogP contribution in [0.1, 0.15) is 24.5 Å². The highest BCUT2D eigenvalue weighted by Gasteiger charge is 2.32. The van der Waals surface area contributed by atoms with Crippen LogP contribution in [0.25, 0.3) is 0 Å². The number of hydrogen-bond donors (Lipinski definition) is 1. The zero-order valence-electron chi connectivity index (χ0n) is 12.9. The van der Waals surface area contributed by atoms with Crippen molar-refractivity contribution in [2.45, 2.75) is 23.8 Å². The van der Waals surface area contributed by atoms with E-state index in [1.165, 1.54) is 4.31 Å². The summed E-state index contributed by atoms with van der Waals surface area (Å²) in [4.78, 5) is 0.335. The molecule has 5 heteroatoms. The Hall–Kier alpha value is -1.69. The molecule has 1 N–H and O–H groups in total. The summed E-state index contributed by atoms with van der Waals surface area (Å²) >= 11 is 0. The van der Waals surface area contributed by atoms with Crippen molar-refractivity contribution < 1.29 is 13.5 Å². The summed E-state index contributed by atoms with van der Waals surface area (Å²) in [5, 5.41) is 10.5. The van der Waals surface area contributed by atoms with E-state index in [0.29, 0.717) is 30.8 Å². The molecule has 4 nitrogen and oxygen atoms in total. The maximum absolute atomic E-state index is 12.6. The summed E-state index contributed by atoms with van der Waals surface area (Å²) < 4.78 is 26.7. The van der Waals surface area contributed by atoms with Gasteiger partial charge in [0.25, 0.3) is 0 Å². The number of nitrogens with zero attached hydrogens (tertiary/aromatic N) is 1. The lowest BCUT2D eigenvalue weighted by Crippen LogP contribution is -2.39. The first-order valence-electron chi connectivity index (χ1n) is 7.87. The Bertz CT molecular complexity index is 723. The maximum atomic E-state index is 12.6. The normalized spacial score (nSPS) is 18.7. The van der Waals surface area contributed by atoms with E-state index in [-0.39, 0.29) is 5.92 Å². The monoisotopic (exact) mass is 331 g/mol. The Labute approximate surface area is 137 Å². The molecule has 1 heterocycles. The van der Waals surface area contributed by atoms with Crippen LogP contribution in [0.5, 0.6) is 0 Å². The molecule has 1 unspecified atom stereocenters. The molecule has 0 bridgehead atoms. The van der Waals surface area contributed by atoms with Crippen molar-refractivity contribution in [3.63, 3.8) is 0 Å². The van der Waals surface area contributed by atoms with Crippen molar-refractivity contribution in [3.8, 4) is 0 Å². The predicted molar refractivity (Wildman–Crippen MR) is 89.3 cm³/mol. The van der Waals surface area contributed by atoms with Gasteiger partial charge in [0.15, 0.2) is 0 Å². The fraction of sp³-hybridized carbons (Fsp3) is 0.333. The average Bonchev–Trinajstić information content (AvgIpc) is 2.63. The molecule has 1 fully saturated rings. The van der Waals surface area contributed by atoms with Crippen molar-refractivity contribution in [2.24, 2.45) is 5.92 Å². The summed E-state index contributed by atoms with van der Waals surface area (Å²) in [6, 6.07) is 18.1. The van der Waals surface area contributed by atoms with Gasteiger partial charge in [0.05, 0.1) is 11.0 Å². The lowest BCUT2D eigenvalue weighted by molar-refractivity contribution is 0.0760. The zero-order chi connectivity index (χ0) is 16.3. The van der Waals surface area contributed by atoms with Crippen molar-refractivity contribution >= 4 is 10.0 Å². The molecule has 1 saturated heterocycles. The number of piperidine rings is 1. The van der Waals surface area contributed by atoms with E-state index in [4.69, 9.17) is 0 Å². The average molecular weight is 331 g/mol. The predicted octanol–water partition coefficient (Wildman–Crippen LogP) is 2.82. The van der Waals surface area contributed by atoms with E-state index in [0.717, 1.165) is 5.56 Å². The first kappa shape index (κ1) is 16.2. The van der Waals surface area contributed by atoms with Gasteiger partial charge >= 0.3 is 0 Å². The van der Waals surface area contributed by atoms with Crippen LogP contribution < -0.4 is 0 Å². The lowest BCUT2D eigenvalue weighted by Gasteiger charge is -2.33. The number of rotatable bonds is 4. The third-order valence-electron chi connectivity index (χ3n) is 4.47. The Balaban J connectivity index is 1.67. The van der Waals surface area contributed by atoms with Gasteiger partial charge in [-0.25, -0.2) is 8.42 Å². The summed E-state index contributed by atoms with van der Waals surface area (Å²) in [5.41, 5.74) is 0.900. The van der Waals surface area contributed by atoms with E-state index in [1.54, 1.807) is 24.3 Å². The van der Waals surface area contributed by atoms with Gasteiger partial charge in [0, 0.05) is 13.1 Å². The van der Waals surface area contributed by atoms with Crippen molar-refractivity contribution in [2.75, 3.05) is 13.1 Å². The fourth-order valence-electron chi connectivity index (χ4n) is 3.10. The molecular weight excluding hydrogens is 310 g/mol. The topological polar surface area (TPSA) is 57.6 Å². The molecule has 122 valence electrons. The smallest absolute Gasteiger partial charge is 0.243 e. The maximum Gasteiger partial charge on any atom is 0.243 e. The fourth-order valence-corrected chi connectivity index (χ4v) is 4.59. The van der Waals surface area contributed by atoms with Crippen LogP contribution in [0, 0.1) is 5.92 Å². The Morgan fingerprint density at radius 1 is 0.913 bits per heavy atom. The number of benzene rings is 2. The van der Waals surface area contributed by atoms with Crippen LogP contribution in [0.2, 0.25) is 0 Å². The molecule has 0 spiro atoms. The van der Waals surface area contributed by atoms with Crippen LogP contribution in [-0.2, 0) is 10.0 Å². The minimum absolute atomic E-state index is 0.0969. The molecule has 0 aliphatic carbocycles. The van der Waals surface area contributed by atoms with E-state index in [2.05, 4.69) is 0 Å². The Morgan fingerprint density at radius 3 is 2.00 bits per heavy atom. The van der Waals surface area contributed by atoms with Crippen molar-refractivity contribution in [1.82, 2.24) is 4.31 Å². The molecule has 0 aromatic heterocycles. The highest BCUT2D eigenvalue weighted by molar-refractivity contribution is 7.89. The van der Waals surface area contributed by atoms with Gasteiger partial charge in [-0.2, -0.15) is 4.31 Å². The van der Waals surface area contributed by atoms with Crippen LogP contribution in [0.4, 0.5) is 0 Å². The molecule has 0 saturated carbocycles. The molecule has 0 amide bonds. The highest BCUT2D eigenvalue weighted by atomic mass is 32.2. The molecule has 1 atom stereocenters. The standard InChI is InChI=1S/C18H21NO3S/c20-18(15-7-3-1-4-8-15)16-11-13-19(14-12-16)23(21,22)17-9-5-2-6-10-17/h1-10,16,18,20H,11-14H2. The molecule has 23 heavy (non-hydrogen) atoms. The van der Waals surface area contributed by atoms with E-state index in [9.17, 15) is 13.5 Å². The Morgan fingerprint density at radius 2 is 1.43 bits per heavy atom. The van der Waals surface area contributed by atoms with Gasteiger partial charge < -0.3 is 5.11 Å². The highest BCUT2D eigenvalue weighted by Crippen LogP contribution is 2.32. The second kappa shape index (κ2) is 6.83. The SMILES string of the molecule is O=S(=O)(c1ccccc1)N1CCC(C(O)c2ccccc2)CC1. The van der Waals surface area contributed by atoms with E-state index >= 15 is 0 Å². The van der Waals surface area contributed by atoms with Crippen molar-refractivity contribution in [3.05, 3.63) is 66.2 Å². The van der Waals surface area contributed by atoms with E-state index in [1.807, 2.05) is 36.4 Å². The third kappa shape index (κ3) is 3.47. The number of hydrogen-bond acceptors (Lipinski definition) is 3. The van der Waals surface area contributed by atoms with Crippen LogP contribution in [0.15, 0.2) is 65.6 Å². The molecule has 3 rings (SSSR count). The molecule has 2 aromatic rings. The molecule has 2 aromatic carbocycles. The second-order valence-corrected chi connectivity index (χ2v) is 7.85. The van der Waals surface area contributed by atoms with E-state index < -0.39 is 16.1 Å². The summed E-state index contributed by atoms with van der Waals surface area (Å²) in [7, 11) is -3.42. The lowest BCUT2D eigenvalue weighted by atomic mass is 9.88. The molecule has 1 aliphatic heterocycles. The summed E-state index contributed by atoms with van der Waals surface area (Å²) in [6.45, 7) is 0.900. The van der Waals surface area contributed by atoms with Gasteiger partial charge in [0.2, 0.25) is 10.0 Å². The van der Waals surface area contributed by atoms with Crippen LogP contribution in [0.3, 0.4) is 0 Å². The van der Waals surface area contributed by atoms with Gasteiger partial charge in [-0.1, -0.05) is 48.5 Å². The number of aliphatic hydroxyl groups excluding tert-OH is 1. The quantitative estimate of drug-likeness (QED) is 0.937. The first-order chi connectivity index (χ1) is 11.1. The van der Waals surface area contributed by atoms with Gasteiger partial charge in [-0.05, 0) is 36.5 Å². The molecule has 0 radical (unpaired) electrons. The largest absolute Gasteiger partial charge is 0.388 e. The zero-order valence-corrected chi connectivity index (χ0v) is 13.7. The van der Waals surface area contributed by atoms with Gasteiger partial charge in [-0.3, -0.25) is 0 Å². The second-order valence-electron chi connectivity index (χ2n) is 5.91. The minimum Gasteiger partial charge on any atom is -0.388 e. The summed E-state index contributed by atoms with van der Waals surface area (Å²) in [6.07, 6.45) is 0.808. The summed E-state index contributed by atoms with van der Waals surface area (Å²) in [5.74, 6) is 0.0969. The minimum atomic E-state index is -3.42. The van der Waals surface area contributed by atoms with Gasteiger partial charge in [0.1, 0.15) is 0 Å². The Kier molecular flexibility index (Phi) is 4.80. The molecule has 1 aliphatic rings. The molecular formula is C18H21NO3S. The third-order valence-corrected chi connectivity index (χ3v) is 6.38.